The fraction of sp³-hybridized carbons (Fsp3) is 0. The predicted molar refractivity (Wildman–Crippen MR) is 68.9 cm³/mol. The number of halogens is 1. The number of para-hydroxylation sites is 2. The van der Waals surface area contributed by atoms with Crippen molar-refractivity contribution in [1.82, 2.24) is 4.98 Å². The number of rotatable bonds is 1. The van der Waals surface area contributed by atoms with Gasteiger partial charge in [-0.05, 0) is 30.3 Å². The standard InChI is InChI=1S/C13H9ClN2O/c14-10-6-5-8(15)7-9(10)13-16-11-3-1-2-4-12(11)17-13/h1-7H,15H2. The zero-order chi connectivity index (χ0) is 11.8. The second-order valence-corrected chi connectivity index (χ2v) is 4.13. The van der Waals surface area contributed by atoms with E-state index in [2.05, 4.69) is 4.98 Å². The van der Waals surface area contributed by atoms with Crippen molar-refractivity contribution in [3.8, 4) is 11.5 Å². The summed E-state index contributed by atoms with van der Waals surface area (Å²) in [6.07, 6.45) is 0. The maximum atomic E-state index is 6.10. The second kappa shape index (κ2) is 3.79. The average Bonchev–Trinajstić information content (AvgIpc) is 2.75. The molecule has 0 aliphatic heterocycles. The smallest absolute Gasteiger partial charge is 0.228 e. The fourth-order valence-electron chi connectivity index (χ4n) is 1.69. The van der Waals surface area contributed by atoms with Crippen LogP contribution in [0.1, 0.15) is 0 Å². The normalized spacial score (nSPS) is 10.9. The van der Waals surface area contributed by atoms with Crippen molar-refractivity contribution < 1.29 is 4.42 Å². The van der Waals surface area contributed by atoms with Gasteiger partial charge in [0.1, 0.15) is 5.52 Å². The predicted octanol–water partition coefficient (Wildman–Crippen LogP) is 3.73. The van der Waals surface area contributed by atoms with Crippen LogP contribution in [0, 0.1) is 0 Å². The van der Waals surface area contributed by atoms with Crippen molar-refractivity contribution in [2.45, 2.75) is 0 Å². The number of nitrogens with two attached hydrogens (primary N) is 1. The van der Waals surface area contributed by atoms with Crippen molar-refractivity contribution in [1.29, 1.82) is 0 Å². The number of aromatic nitrogens is 1. The quantitative estimate of drug-likeness (QED) is 0.664. The molecule has 3 nitrogen and oxygen atoms in total. The molecule has 0 spiro atoms. The molecule has 1 heterocycles. The van der Waals surface area contributed by atoms with Crippen molar-refractivity contribution in [2.24, 2.45) is 0 Å². The molecule has 84 valence electrons. The number of nitrogen functional groups attached to an aromatic ring is 1. The Hall–Kier alpha value is -2.00. The summed E-state index contributed by atoms with van der Waals surface area (Å²) in [7, 11) is 0. The van der Waals surface area contributed by atoms with Crippen LogP contribution in [-0.2, 0) is 0 Å². The molecule has 0 aliphatic carbocycles. The zero-order valence-electron chi connectivity index (χ0n) is 8.85. The Labute approximate surface area is 103 Å². The van der Waals surface area contributed by atoms with E-state index >= 15 is 0 Å². The van der Waals surface area contributed by atoms with E-state index in [0.29, 0.717) is 22.2 Å². The lowest BCUT2D eigenvalue weighted by Gasteiger charge is -2.00. The lowest BCUT2D eigenvalue weighted by atomic mass is 10.2. The van der Waals surface area contributed by atoms with Crippen LogP contribution in [-0.4, -0.2) is 4.98 Å². The number of oxazole rings is 1. The van der Waals surface area contributed by atoms with E-state index in [0.717, 1.165) is 11.1 Å². The number of benzene rings is 2. The Kier molecular flexibility index (Phi) is 2.27. The molecule has 0 unspecified atom stereocenters. The van der Waals surface area contributed by atoms with E-state index in [1.54, 1.807) is 18.2 Å². The lowest BCUT2D eigenvalue weighted by molar-refractivity contribution is 0.620. The van der Waals surface area contributed by atoms with Gasteiger partial charge in [0.05, 0.1) is 10.6 Å². The first-order chi connectivity index (χ1) is 8.24. The first-order valence-corrected chi connectivity index (χ1v) is 5.53. The molecule has 2 N–H and O–H groups in total. The fourth-order valence-corrected chi connectivity index (χ4v) is 1.89. The van der Waals surface area contributed by atoms with Gasteiger partial charge < -0.3 is 10.2 Å². The molecule has 0 amide bonds. The number of hydrogen-bond donors (Lipinski definition) is 1. The van der Waals surface area contributed by atoms with Crippen LogP contribution in [0.3, 0.4) is 0 Å². The van der Waals surface area contributed by atoms with Gasteiger partial charge in [-0.1, -0.05) is 23.7 Å². The van der Waals surface area contributed by atoms with Gasteiger partial charge in [0.25, 0.3) is 0 Å². The minimum Gasteiger partial charge on any atom is -0.436 e. The van der Waals surface area contributed by atoms with Crippen molar-refractivity contribution in [3.05, 3.63) is 47.5 Å². The molecule has 0 fully saturated rings. The molecule has 0 radical (unpaired) electrons. The highest BCUT2D eigenvalue weighted by molar-refractivity contribution is 6.33. The van der Waals surface area contributed by atoms with Crippen molar-refractivity contribution in [3.63, 3.8) is 0 Å². The molecule has 0 saturated carbocycles. The van der Waals surface area contributed by atoms with E-state index < -0.39 is 0 Å². The Balaban J connectivity index is 2.23. The Morgan fingerprint density at radius 3 is 2.76 bits per heavy atom. The van der Waals surface area contributed by atoms with Crippen LogP contribution in [0.4, 0.5) is 5.69 Å². The van der Waals surface area contributed by atoms with Crippen LogP contribution in [0.2, 0.25) is 5.02 Å². The Bertz CT molecular complexity index is 658. The number of nitrogens with zero attached hydrogens (tertiary/aromatic N) is 1. The number of hydrogen-bond acceptors (Lipinski definition) is 3. The first kappa shape index (κ1) is 10.2. The summed E-state index contributed by atoms with van der Waals surface area (Å²) in [5.74, 6) is 0.489. The first-order valence-electron chi connectivity index (χ1n) is 5.15. The molecule has 4 heteroatoms. The molecule has 0 aliphatic rings. The summed E-state index contributed by atoms with van der Waals surface area (Å²) in [6.45, 7) is 0. The topological polar surface area (TPSA) is 52.0 Å². The maximum Gasteiger partial charge on any atom is 0.228 e. The van der Waals surface area contributed by atoms with Gasteiger partial charge >= 0.3 is 0 Å². The summed E-state index contributed by atoms with van der Waals surface area (Å²) in [6, 6.07) is 12.8. The van der Waals surface area contributed by atoms with Crippen LogP contribution < -0.4 is 5.73 Å². The monoisotopic (exact) mass is 244 g/mol. The van der Waals surface area contributed by atoms with Gasteiger partial charge in [0.15, 0.2) is 5.58 Å². The Morgan fingerprint density at radius 2 is 1.94 bits per heavy atom. The van der Waals surface area contributed by atoms with Gasteiger partial charge in [-0.2, -0.15) is 0 Å². The van der Waals surface area contributed by atoms with Crippen LogP contribution in [0.15, 0.2) is 46.9 Å². The molecule has 0 saturated heterocycles. The highest BCUT2D eigenvalue weighted by atomic mass is 35.5. The van der Waals surface area contributed by atoms with Gasteiger partial charge in [-0.25, -0.2) is 4.98 Å². The van der Waals surface area contributed by atoms with E-state index in [4.69, 9.17) is 21.8 Å². The summed E-state index contributed by atoms with van der Waals surface area (Å²) >= 11 is 6.10. The van der Waals surface area contributed by atoms with Gasteiger partial charge in [-0.3, -0.25) is 0 Å². The van der Waals surface area contributed by atoms with Crippen LogP contribution in [0.25, 0.3) is 22.6 Å². The third-order valence-corrected chi connectivity index (χ3v) is 2.84. The summed E-state index contributed by atoms with van der Waals surface area (Å²) in [5, 5.41) is 0.575. The van der Waals surface area contributed by atoms with E-state index in [-0.39, 0.29) is 0 Å². The number of fused-ring (bicyclic) bond motifs is 1. The number of anilines is 1. The summed E-state index contributed by atoms with van der Waals surface area (Å²) < 4.78 is 5.64. The minimum atomic E-state index is 0.489. The minimum absolute atomic E-state index is 0.489. The molecule has 0 bridgehead atoms. The third kappa shape index (κ3) is 1.74. The highest BCUT2D eigenvalue weighted by Gasteiger charge is 2.11. The van der Waals surface area contributed by atoms with Crippen molar-refractivity contribution >= 4 is 28.4 Å². The molecule has 0 atom stereocenters. The van der Waals surface area contributed by atoms with Crippen LogP contribution >= 0.6 is 11.6 Å². The van der Waals surface area contributed by atoms with E-state index in [1.807, 2.05) is 24.3 Å². The SMILES string of the molecule is Nc1ccc(Cl)c(-c2nc3ccccc3o2)c1. The lowest BCUT2D eigenvalue weighted by Crippen LogP contribution is -1.86. The van der Waals surface area contributed by atoms with Crippen LogP contribution in [0.5, 0.6) is 0 Å². The zero-order valence-corrected chi connectivity index (χ0v) is 9.61. The van der Waals surface area contributed by atoms with Gasteiger partial charge in [-0.15, -0.1) is 0 Å². The van der Waals surface area contributed by atoms with E-state index in [9.17, 15) is 0 Å². The summed E-state index contributed by atoms with van der Waals surface area (Å²) in [4.78, 5) is 4.38. The highest BCUT2D eigenvalue weighted by Crippen LogP contribution is 2.31. The Morgan fingerprint density at radius 1 is 1.12 bits per heavy atom. The average molecular weight is 245 g/mol. The molecule has 17 heavy (non-hydrogen) atoms. The van der Waals surface area contributed by atoms with E-state index in [1.165, 1.54) is 0 Å². The molecule has 3 rings (SSSR count). The molecular formula is C13H9ClN2O. The molecular weight excluding hydrogens is 236 g/mol. The van der Waals surface area contributed by atoms with Crippen molar-refractivity contribution in [2.75, 3.05) is 5.73 Å². The molecule has 1 aromatic heterocycles. The maximum absolute atomic E-state index is 6.10. The molecule has 2 aromatic carbocycles. The summed E-state index contributed by atoms with van der Waals surface area (Å²) in [5.41, 5.74) is 8.62. The van der Waals surface area contributed by atoms with Gasteiger partial charge in [0, 0.05) is 5.69 Å². The third-order valence-electron chi connectivity index (χ3n) is 2.51. The molecule has 3 aromatic rings. The second-order valence-electron chi connectivity index (χ2n) is 3.73. The van der Waals surface area contributed by atoms with Gasteiger partial charge in [0.2, 0.25) is 5.89 Å². The largest absolute Gasteiger partial charge is 0.436 e.